The van der Waals surface area contributed by atoms with Gasteiger partial charge in [0, 0.05) is 20.1 Å². The van der Waals surface area contributed by atoms with Crippen LogP contribution in [0.4, 0.5) is 0 Å². The van der Waals surface area contributed by atoms with Gasteiger partial charge in [0.2, 0.25) is 16.1 Å². The highest BCUT2D eigenvalue weighted by Gasteiger charge is 2.26. The number of amides is 1. The summed E-state index contributed by atoms with van der Waals surface area (Å²) in [5.41, 5.74) is 0. The molecule has 0 bridgehead atoms. The van der Waals surface area contributed by atoms with Crippen LogP contribution in [0, 0.1) is 0 Å². The van der Waals surface area contributed by atoms with Crippen LogP contribution in [0.1, 0.15) is 6.42 Å². The van der Waals surface area contributed by atoms with Crippen LogP contribution in [0.5, 0.6) is 11.5 Å². The molecule has 0 fully saturated rings. The highest BCUT2D eigenvalue weighted by molar-refractivity contribution is 7.88. The molecule has 0 aliphatic carbocycles. The summed E-state index contributed by atoms with van der Waals surface area (Å²) in [5.74, 6) is 0.906. The third-order valence-corrected chi connectivity index (χ3v) is 4.63. The Hall–Kier alpha value is -1.80. The Labute approximate surface area is 130 Å². The second kappa shape index (κ2) is 6.97. The molecule has 1 aliphatic heterocycles. The van der Waals surface area contributed by atoms with Gasteiger partial charge < -0.3 is 14.8 Å². The second-order valence-electron chi connectivity index (χ2n) is 5.09. The first-order valence-corrected chi connectivity index (χ1v) is 8.80. The Morgan fingerprint density at radius 3 is 2.73 bits per heavy atom. The molecule has 22 heavy (non-hydrogen) atoms. The van der Waals surface area contributed by atoms with E-state index in [1.807, 2.05) is 12.1 Å². The number of hydrogen-bond acceptors (Lipinski definition) is 5. The fourth-order valence-electron chi connectivity index (χ4n) is 1.94. The van der Waals surface area contributed by atoms with Gasteiger partial charge in [0.25, 0.3) is 5.91 Å². The Morgan fingerprint density at radius 2 is 2.05 bits per heavy atom. The minimum Gasteiger partial charge on any atom is -0.485 e. The van der Waals surface area contributed by atoms with Crippen molar-refractivity contribution in [2.45, 2.75) is 12.5 Å². The zero-order valence-corrected chi connectivity index (χ0v) is 13.4. The third kappa shape index (κ3) is 4.35. The molecular weight excluding hydrogens is 308 g/mol. The van der Waals surface area contributed by atoms with Crippen molar-refractivity contribution >= 4 is 15.9 Å². The first-order chi connectivity index (χ1) is 10.4. The van der Waals surface area contributed by atoms with Gasteiger partial charge in [-0.25, -0.2) is 12.7 Å². The summed E-state index contributed by atoms with van der Waals surface area (Å²) in [6, 6.07) is 7.17. The zero-order chi connectivity index (χ0) is 16.2. The van der Waals surface area contributed by atoms with Crippen LogP contribution in [0.25, 0.3) is 0 Å². The van der Waals surface area contributed by atoms with Gasteiger partial charge in [0.05, 0.1) is 6.26 Å². The molecular formula is C14H20N2O5S. The van der Waals surface area contributed by atoms with Gasteiger partial charge >= 0.3 is 0 Å². The number of hydrogen-bond donors (Lipinski definition) is 1. The monoisotopic (exact) mass is 328 g/mol. The lowest BCUT2D eigenvalue weighted by atomic mass is 10.2. The zero-order valence-electron chi connectivity index (χ0n) is 12.6. The molecule has 0 spiro atoms. The smallest absolute Gasteiger partial charge is 0.264 e. The molecule has 0 unspecified atom stereocenters. The van der Waals surface area contributed by atoms with Crippen LogP contribution >= 0.6 is 0 Å². The van der Waals surface area contributed by atoms with Gasteiger partial charge in [-0.1, -0.05) is 12.1 Å². The molecule has 0 radical (unpaired) electrons. The number of carbonyl (C=O) groups excluding carboxylic acids is 1. The SMILES string of the molecule is CN(CCCNC(=O)[C@@H]1COc2ccccc2O1)S(C)(=O)=O. The summed E-state index contributed by atoms with van der Waals surface area (Å²) in [6.45, 7) is 0.885. The van der Waals surface area contributed by atoms with Gasteiger partial charge in [-0.3, -0.25) is 4.79 Å². The average molecular weight is 328 g/mol. The normalized spacial score (nSPS) is 17.3. The van der Waals surface area contributed by atoms with Crippen LogP contribution in [0.15, 0.2) is 24.3 Å². The van der Waals surface area contributed by atoms with Crippen LogP contribution in [0.3, 0.4) is 0 Å². The first-order valence-electron chi connectivity index (χ1n) is 6.95. The summed E-state index contributed by atoms with van der Waals surface area (Å²) < 4.78 is 34.8. The molecule has 0 aromatic heterocycles. The molecule has 8 heteroatoms. The number of para-hydroxylation sites is 2. The molecule has 1 N–H and O–H groups in total. The van der Waals surface area contributed by atoms with E-state index in [0.717, 1.165) is 6.26 Å². The quantitative estimate of drug-likeness (QED) is 0.755. The Balaban J connectivity index is 1.75. The number of nitrogens with zero attached hydrogens (tertiary/aromatic N) is 1. The van der Waals surface area contributed by atoms with E-state index < -0.39 is 16.1 Å². The molecule has 1 heterocycles. The van der Waals surface area contributed by atoms with E-state index in [1.54, 1.807) is 12.1 Å². The van der Waals surface area contributed by atoms with E-state index in [0.29, 0.717) is 31.0 Å². The van der Waals surface area contributed by atoms with E-state index in [9.17, 15) is 13.2 Å². The van der Waals surface area contributed by atoms with E-state index >= 15 is 0 Å². The highest BCUT2D eigenvalue weighted by Crippen LogP contribution is 2.30. The summed E-state index contributed by atoms with van der Waals surface area (Å²) >= 11 is 0. The fraction of sp³-hybridized carbons (Fsp3) is 0.500. The van der Waals surface area contributed by atoms with Gasteiger partial charge in [-0.15, -0.1) is 0 Å². The van der Waals surface area contributed by atoms with E-state index in [-0.39, 0.29) is 12.5 Å². The standard InChI is InChI=1S/C14H20N2O5S/c1-16(22(2,18)19)9-5-8-15-14(17)13-10-20-11-6-3-4-7-12(11)21-13/h3-4,6-7,13H,5,8-10H2,1-2H3,(H,15,17)/t13-/m0/s1. The van der Waals surface area contributed by atoms with E-state index in [2.05, 4.69) is 5.32 Å². The van der Waals surface area contributed by atoms with Crippen molar-refractivity contribution in [3.05, 3.63) is 24.3 Å². The molecule has 1 atom stereocenters. The van der Waals surface area contributed by atoms with Crippen LogP contribution in [-0.2, 0) is 14.8 Å². The molecule has 122 valence electrons. The van der Waals surface area contributed by atoms with Crippen molar-refractivity contribution < 1.29 is 22.7 Å². The minimum atomic E-state index is -3.18. The van der Waals surface area contributed by atoms with Crippen molar-refractivity contribution in [2.75, 3.05) is 33.0 Å². The average Bonchev–Trinajstić information content (AvgIpc) is 2.49. The number of carbonyl (C=O) groups is 1. The molecule has 1 aromatic carbocycles. The van der Waals surface area contributed by atoms with Gasteiger partial charge in [0.1, 0.15) is 6.61 Å². The topological polar surface area (TPSA) is 84.9 Å². The maximum Gasteiger partial charge on any atom is 0.264 e. The number of sulfonamides is 1. The first kappa shape index (κ1) is 16.6. The van der Waals surface area contributed by atoms with Gasteiger partial charge in [-0.2, -0.15) is 0 Å². The summed E-state index contributed by atoms with van der Waals surface area (Å²) in [7, 11) is -1.68. The van der Waals surface area contributed by atoms with Crippen LogP contribution in [-0.4, -0.2) is 57.7 Å². The lowest BCUT2D eigenvalue weighted by molar-refractivity contribution is -0.130. The van der Waals surface area contributed by atoms with Gasteiger partial charge in [0.15, 0.2) is 11.5 Å². The molecule has 2 rings (SSSR count). The molecule has 7 nitrogen and oxygen atoms in total. The van der Waals surface area contributed by atoms with E-state index in [1.165, 1.54) is 11.4 Å². The van der Waals surface area contributed by atoms with Crippen molar-refractivity contribution in [3.63, 3.8) is 0 Å². The number of fused-ring (bicyclic) bond motifs is 1. The number of ether oxygens (including phenoxy) is 2. The van der Waals surface area contributed by atoms with Crippen LogP contribution in [0.2, 0.25) is 0 Å². The lowest BCUT2D eigenvalue weighted by Crippen LogP contribution is -2.44. The number of benzene rings is 1. The predicted octanol–water partition coefficient (Wildman–Crippen LogP) is 0.224. The van der Waals surface area contributed by atoms with Crippen molar-refractivity contribution in [2.24, 2.45) is 0 Å². The number of rotatable bonds is 6. The minimum absolute atomic E-state index is 0.159. The van der Waals surface area contributed by atoms with Crippen molar-refractivity contribution in [3.8, 4) is 11.5 Å². The third-order valence-electron chi connectivity index (χ3n) is 3.32. The summed E-state index contributed by atoms with van der Waals surface area (Å²) in [6.07, 6.45) is 0.984. The Kier molecular flexibility index (Phi) is 5.25. The Morgan fingerprint density at radius 1 is 1.36 bits per heavy atom. The summed E-state index contributed by atoms with van der Waals surface area (Å²) in [4.78, 5) is 12.0. The van der Waals surface area contributed by atoms with E-state index in [4.69, 9.17) is 9.47 Å². The second-order valence-corrected chi connectivity index (χ2v) is 7.18. The highest BCUT2D eigenvalue weighted by atomic mass is 32.2. The predicted molar refractivity (Wildman–Crippen MR) is 81.5 cm³/mol. The molecule has 0 saturated carbocycles. The fourth-order valence-corrected chi connectivity index (χ4v) is 2.40. The molecule has 1 aliphatic rings. The Bertz CT molecular complexity index is 632. The largest absolute Gasteiger partial charge is 0.485 e. The van der Waals surface area contributed by atoms with Gasteiger partial charge in [-0.05, 0) is 18.6 Å². The van der Waals surface area contributed by atoms with Crippen molar-refractivity contribution in [1.29, 1.82) is 0 Å². The molecule has 0 saturated heterocycles. The molecule has 1 aromatic rings. The van der Waals surface area contributed by atoms with Crippen molar-refractivity contribution in [1.82, 2.24) is 9.62 Å². The lowest BCUT2D eigenvalue weighted by Gasteiger charge is -2.25. The molecule has 1 amide bonds. The summed E-state index contributed by atoms with van der Waals surface area (Å²) in [5, 5.41) is 2.72. The number of nitrogens with one attached hydrogen (secondary N) is 1. The van der Waals surface area contributed by atoms with Crippen LogP contribution < -0.4 is 14.8 Å². The maximum absolute atomic E-state index is 12.0. The maximum atomic E-state index is 12.0.